The molecule has 2 amide bonds. The van der Waals surface area contributed by atoms with E-state index in [9.17, 15) is 18.0 Å². The maximum Gasteiger partial charge on any atom is 0.416 e. The Morgan fingerprint density at radius 1 is 1.28 bits per heavy atom. The minimum Gasteiger partial charge on any atom is -0.324 e. The van der Waals surface area contributed by atoms with Gasteiger partial charge in [-0.1, -0.05) is 6.07 Å². The molecule has 0 unspecified atom stereocenters. The van der Waals surface area contributed by atoms with Crippen LogP contribution in [0.3, 0.4) is 0 Å². The second kappa shape index (κ2) is 7.38. The van der Waals surface area contributed by atoms with Crippen molar-refractivity contribution in [1.29, 1.82) is 0 Å². The lowest BCUT2D eigenvalue weighted by Gasteiger charge is -2.18. The van der Waals surface area contributed by atoms with Gasteiger partial charge in [-0.3, -0.25) is 0 Å². The molecule has 1 saturated heterocycles. The van der Waals surface area contributed by atoms with Gasteiger partial charge in [0, 0.05) is 37.4 Å². The van der Waals surface area contributed by atoms with E-state index in [0.29, 0.717) is 13.1 Å². The average molecular weight is 403 g/mol. The number of hydrogen-bond acceptors (Lipinski definition) is 3. The van der Waals surface area contributed by atoms with Gasteiger partial charge in [0.15, 0.2) is 5.65 Å². The number of carbonyl (C=O) groups is 1. The van der Waals surface area contributed by atoms with E-state index in [4.69, 9.17) is 4.98 Å². The Morgan fingerprint density at radius 2 is 2.10 bits per heavy atom. The van der Waals surface area contributed by atoms with Crippen LogP contribution in [-0.2, 0) is 12.7 Å². The quantitative estimate of drug-likeness (QED) is 0.701. The van der Waals surface area contributed by atoms with E-state index in [1.807, 2.05) is 23.6 Å². The smallest absolute Gasteiger partial charge is 0.324 e. The number of halogens is 3. The largest absolute Gasteiger partial charge is 0.416 e. The number of benzene rings is 1. The summed E-state index contributed by atoms with van der Waals surface area (Å²) < 4.78 is 40.7. The van der Waals surface area contributed by atoms with Gasteiger partial charge in [0.05, 0.1) is 5.56 Å². The van der Waals surface area contributed by atoms with E-state index in [2.05, 4.69) is 10.3 Å². The molecule has 1 aliphatic rings. The summed E-state index contributed by atoms with van der Waals surface area (Å²) in [7, 11) is 0. The summed E-state index contributed by atoms with van der Waals surface area (Å²) in [6.07, 6.45) is -1.99. The number of carbonyl (C=O) groups excluding carboxylic acids is 1. The summed E-state index contributed by atoms with van der Waals surface area (Å²) in [5.74, 6) is 0.937. The van der Waals surface area contributed by atoms with Crippen molar-refractivity contribution < 1.29 is 18.0 Å². The average Bonchev–Trinajstić information content (AvgIpc) is 3.32. The number of aromatic nitrogens is 3. The van der Waals surface area contributed by atoms with Gasteiger partial charge in [0.25, 0.3) is 0 Å². The molecule has 1 aromatic carbocycles. The zero-order valence-electron chi connectivity index (χ0n) is 15.8. The van der Waals surface area contributed by atoms with Gasteiger partial charge in [-0.15, -0.1) is 0 Å². The molecule has 3 aromatic rings. The van der Waals surface area contributed by atoms with Gasteiger partial charge in [0.1, 0.15) is 11.3 Å². The first-order valence-corrected chi connectivity index (χ1v) is 9.41. The van der Waals surface area contributed by atoms with Crippen molar-refractivity contribution in [2.24, 2.45) is 0 Å². The highest BCUT2D eigenvalue weighted by Gasteiger charge is 2.32. The van der Waals surface area contributed by atoms with Crippen LogP contribution in [0.15, 0.2) is 42.6 Å². The molecule has 1 atom stereocenters. The maximum absolute atomic E-state index is 12.9. The minimum atomic E-state index is -4.45. The van der Waals surface area contributed by atoms with Crippen LogP contribution in [0.25, 0.3) is 11.2 Å². The van der Waals surface area contributed by atoms with E-state index in [1.54, 1.807) is 11.1 Å². The van der Waals surface area contributed by atoms with E-state index >= 15 is 0 Å². The number of nitrogens with zero attached hydrogens (tertiary/aromatic N) is 4. The highest BCUT2D eigenvalue weighted by Crippen LogP contribution is 2.32. The van der Waals surface area contributed by atoms with Crippen LogP contribution in [-0.4, -0.2) is 38.6 Å². The molecule has 2 aromatic heterocycles. The predicted molar refractivity (Wildman–Crippen MR) is 103 cm³/mol. The molecule has 0 spiro atoms. The third-order valence-electron chi connectivity index (χ3n) is 5.13. The first-order chi connectivity index (χ1) is 13.9. The number of anilines is 1. The standard InChI is InChI=1S/C20H20F3N5O/c1-2-28-17(26-16-7-4-9-24-18(16)28)13-8-10-27(12-13)19(29)25-15-6-3-5-14(11-15)20(21,22)23/h3-7,9,11,13H,2,8,10,12H2,1H3,(H,25,29)/t13-/m1/s1. The van der Waals surface area contributed by atoms with Crippen LogP contribution >= 0.6 is 0 Å². The monoisotopic (exact) mass is 403 g/mol. The number of fused-ring (bicyclic) bond motifs is 1. The van der Waals surface area contributed by atoms with Crippen molar-refractivity contribution in [3.05, 3.63) is 54.0 Å². The van der Waals surface area contributed by atoms with Crippen molar-refractivity contribution in [2.45, 2.75) is 32.0 Å². The molecule has 1 aliphatic heterocycles. The van der Waals surface area contributed by atoms with Crippen molar-refractivity contribution in [2.75, 3.05) is 18.4 Å². The zero-order chi connectivity index (χ0) is 20.6. The van der Waals surface area contributed by atoms with E-state index in [0.717, 1.165) is 42.1 Å². The Labute approximate surface area is 165 Å². The fourth-order valence-electron chi connectivity index (χ4n) is 3.73. The maximum atomic E-state index is 12.9. The highest BCUT2D eigenvalue weighted by molar-refractivity contribution is 5.89. The van der Waals surface area contributed by atoms with Crippen molar-refractivity contribution in [1.82, 2.24) is 19.4 Å². The SMILES string of the molecule is CCn1c([C@@H]2CCN(C(=O)Nc3cccc(C(F)(F)F)c3)C2)nc2cccnc21. The number of amides is 2. The Bertz CT molecular complexity index is 1050. The molecule has 6 nitrogen and oxygen atoms in total. The number of alkyl halides is 3. The lowest BCUT2D eigenvalue weighted by atomic mass is 10.1. The Hall–Kier alpha value is -3.10. The molecule has 152 valence electrons. The molecule has 0 radical (unpaired) electrons. The fraction of sp³-hybridized carbons (Fsp3) is 0.350. The van der Waals surface area contributed by atoms with Gasteiger partial charge in [-0.2, -0.15) is 13.2 Å². The van der Waals surface area contributed by atoms with Gasteiger partial charge in [0.2, 0.25) is 0 Å². The van der Waals surface area contributed by atoms with Crippen LogP contribution in [0.2, 0.25) is 0 Å². The number of pyridine rings is 1. The minimum absolute atomic E-state index is 0.0522. The summed E-state index contributed by atoms with van der Waals surface area (Å²) in [4.78, 5) is 23.3. The second-order valence-corrected chi connectivity index (χ2v) is 7.00. The molecule has 29 heavy (non-hydrogen) atoms. The topological polar surface area (TPSA) is 63.1 Å². The summed E-state index contributed by atoms with van der Waals surface area (Å²) in [6.45, 7) is 3.70. The zero-order valence-corrected chi connectivity index (χ0v) is 15.8. The molecule has 0 saturated carbocycles. The number of urea groups is 1. The summed E-state index contributed by atoms with van der Waals surface area (Å²) in [6, 6.07) is 7.97. The van der Waals surface area contributed by atoms with E-state index in [-0.39, 0.29) is 11.6 Å². The number of hydrogen-bond donors (Lipinski definition) is 1. The molecule has 3 heterocycles. The summed E-state index contributed by atoms with van der Waals surface area (Å²) >= 11 is 0. The number of rotatable bonds is 3. The molecular weight excluding hydrogens is 383 g/mol. The van der Waals surface area contributed by atoms with E-state index in [1.165, 1.54) is 12.1 Å². The summed E-state index contributed by atoms with van der Waals surface area (Å²) in [5, 5.41) is 2.57. The second-order valence-electron chi connectivity index (χ2n) is 7.00. The molecular formula is C20H20F3N5O. The molecule has 1 fully saturated rings. The van der Waals surface area contributed by atoms with Crippen molar-refractivity contribution in [3.63, 3.8) is 0 Å². The van der Waals surface area contributed by atoms with Gasteiger partial charge < -0.3 is 14.8 Å². The number of imidazole rings is 1. The number of likely N-dealkylation sites (tertiary alicyclic amines) is 1. The normalized spacial score (nSPS) is 17.1. The van der Waals surface area contributed by atoms with Crippen molar-refractivity contribution in [3.8, 4) is 0 Å². The van der Waals surface area contributed by atoms with Gasteiger partial charge in [-0.25, -0.2) is 14.8 Å². The molecule has 1 N–H and O–H groups in total. The molecule has 0 aliphatic carbocycles. The predicted octanol–water partition coefficient (Wildman–Crippen LogP) is 4.49. The lowest BCUT2D eigenvalue weighted by Crippen LogP contribution is -2.33. The number of aryl methyl sites for hydroxylation is 1. The number of nitrogens with one attached hydrogen (secondary N) is 1. The molecule has 0 bridgehead atoms. The van der Waals surface area contributed by atoms with Crippen LogP contribution in [0.5, 0.6) is 0 Å². The Kier molecular flexibility index (Phi) is 4.89. The Morgan fingerprint density at radius 3 is 2.86 bits per heavy atom. The van der Waals surface area contributed by atoms with Crippen LogP contribution in [0.4, 0.5) is 23.7 Å². The van der Waals surface area contributed by atoms with Gasteiger partial charge in [-0.05, 0) is 43.7 Å². The first kappa shape index (κ1) is 19.2. The van der Waals surface area contributed by atoms with Crippen LogP contribution < -0.4 is 5.32 Å². The lowest BCUT2D eigenvalue weighted by molar-refractivity contribution is -0.137. The van der Waals surface area contributed by atoms with Crippen molar-refractivity contribution >= 4 is 22.9 Å². The summed E-state index contributed by atoms with van der Waals surface area (Å²) in [5.41, 5.74) is 0.963. The molecule has 4 rings (SSSR count). The van der Waals surface area contributed by atoms with Crippen LogP contribution in [0.1, 0.15) is 30.7 Å². The van der Waals surface area contributed by atoms with Crippen LogP contribution in [0, 0.1) is 0 Å². The first-order valence-electron chi connectivity index (χ1n) is 9.41. The molecule has 9 heteroatoms. The van der Waals surface area contributed by atoms with Gasteiger partial charge >= 0.3 is 12.2 Å². The Balaban J connectivity index is 1.48. The fourth-order valence-corrected chi connectivity index (χ4v) is 3.73. The third-order valence-corrected chi connectivity index (χ3v) is 5.13. The highest BCUT2D eigenvalue weighted by atomic mass is 19.4. The third kappa shape index (κ3) is 3.76. The van der Waals surface area contributed by atoms with E-state index < -0.39 is 17.8 Å².